The third-order valence-electron chi connectivity index (χ3n) is 0.645. The molecule has 0 N–H and O–H groups in total. The molecule has 0 aromatic rings. The quantitative estimate of drug-likeness (QED) is 0.433. The van der Waals surface area contributed by atoms with Crippen molar-refractivity contribution in [2.24, 2.45) is 0 Å². The van der Waals surface area contributed by atoms with Crippen molar-refractivity contribution in [3.05, 3.63) is 23.5 Å². The zero-order valence-corrected chi connectivity index (χ0v) is 4.72. The van der Waals surface area contributed by atoms with Gasteiger partial charge in [0.15, 0.2) is 0 Å². The molecule has 0 aromatic carbocycles. The molecule has 0 spiro atoms. The van der Waals surface area contributed by atoms with Crippen LogP contribution in [-0.4, -0.2) is 23.5 Å². The zero-order chi connectivity index (χ0) is 6.57. The van der Waals surface area contributed by atoms with Crippen molar-refractivity contribution in [1.29, 1.82) is 0 Å². The summed E-state index contributed by atoms with van der Waals surface area (Å²) in [6, 6.07) is 0. The SMILES string of the molecule is [B]/C=C(\[B])CC([B])=C. The fourth-order valence-corrected chi connectivity index (χ4v) is 0.321. The van der Waals surface area contributed by atoms with Gasteiger partial charge in [-0.2, -0.15) is 0 Å². The van der Waals surface area contributed by atoms with E-state index in [2.05, 4.69) is 6.58 Å². The van der Waals surface area contributed by atoms with E-state index in [1.807, 2.05) is 0 Å². The third kappa shape index (κ3) is 3.85. The van der Waals surface area contributed by atoms with Crippen molar-refractivity contribution in [1.82, 2.24) is 0 Å². The minimum atomic E-state index is 0.483. The van der Waals surface area contributed by atoms with Crippen molar-refractivity contribution < 1.29 is 0 Å². The van der Waals surface area contributed by atoms with Crippen LogP contribution in [0.25, 0.3) is 0 Å². The summed E-state index contributed by atoms with van der Waals surface area (Å²) >= 11 is 0. The van der Waals surface area contributed by atoms with Crippen LogP contribution in [0.2, 0.25) is 0 Å². The Bertz CT molecular complexity index is 115. The molecule has 0 bridgehead atoms. The maximum atomic E-state index is 5.27. The highest BCUT2D eigenvalue weighted by atomic mass is 13.8. The first-order valence-electron chi connectivity index (χ1n) is 2.26. The molecule has 0 heterocycles. The summed E-state index contributed by atoms with van der Waals surface area (Å²) in [5.41, 5.74) is 1.08. The number of hydrogen-bond donors (Lipinski definition) is 0. The molecule has 0 aliphatic carbocycles. The molecule has 0 unspecified atom stereocenters. The molecule has 0 nitrogen and oxygen atoms in total. The first-order valence-corrected chi connectivity index (χ1v) is 2.26. The van der Waals surface area contributed by atoms with E-state index in [0.29, 0.717) is 17.4 Å². The maximum Gasteiger partial charge on any atom is 0.107 e. The Labute approximate surface area is 54.3 Å². The van der Waals surface area contributed by atoms with Crippen LogP contribution in [0.5, 0.6) is 0 Å². The Hall–Kier alpha value is -0.325. The highest BCUT2D eigenvalue weighted by molar-refractivity contribution is 6.30. The van der Waals surface area contributed by atoms with E-state index in [0.717, 1.165) is 0 Å². The fraction of sp³-hybridized carbons (Fsp3) is 0.200. The van der Waals surface area contributed by atoms with Gasteiger partial charge in [0.05, 0.1) is 0 Å². The molecule has 0 saturated carbocycles. The average Bonchev–Trinajstić information content (AvgIpc) is 1.65. The fourth-order valence-electron chi connectivity index (χ4n) is 0.321. The minimum absolute atomic E-state index is 0.483. The molecule has 0 amide bonds. The Morgan fingerprint density at radius 2 is 2.00 bits per heavy atom. The van der Waals surface area contributed by atoms with E-state index in [1.54, 1.807) is 0 Å². The summed E-state index contributed by atoms with van der Waals surface area (Å²) in [5.74, 6) is 1.32. The summed E-state index contributed by atoms with van der Waals surface area (Å²) in [7, 11) is 15.5. The Morgan fingerprint density at radius 3 is 2.12 bits per heavy atom. The van der Waals surface area contributed by atoms with Crippen LogP contribution >= 0.6 is 0 Å². The molecule has 0 aliphatic rings. The summed E-state index contributed by atoms with van der Waals surface area (Å²) in [6.45, 7) is 3.44. The number of rotatable bonds is 2. The van der Waals surface area contributed by atoms with Gasteiger partial charge in [0.25, 0.3) is 0 Å². The second-order valence-corrected chi connectivity index (χ2v) is 1.58. The summed E-state index contributed by atoms with van der Waals surface area (Å²) in [4.78, 5) is 0. The summed E-state index contributed by atoms with van der Waals surface area (Å²) in [5, 5.41) is 0. The Kier molecular flexibility index (Phi) is 3.50. The van der Waals surface area contributed by atoms with Crippen molar-refractivity contribution in [3.8, 4) is 0 Å². The molecule has 0 rings (SSSR count). The molecule has 0 aliphatic heterocycles. The van der Waals surface area contributed by atoms with Gasteiger partial charge in [0.1, 0.15) is 23.5 Å². The Morgan fingerprint density at radius 1 is 1.50 bits per heavy atom. The van der Waals surface area contributed by atoms with Crippen LogP contribution in [0.15, 0.2) is 23.5 Å². The molecule has 0 saturated heterocycles. The van der Waals surface area contributed by atoms with E-state index < -0.39 is 0 Å². The van der Waals surface area contributed by atoms with E-state index >= 15 is 0 Å². The van der Waals surface area contributed by atoms with Gasteiger partial charge < -0.3 is 0 Å². The summed E-state index contributed by atoms with van der Waals surface area (Å²) < 4.78 is 0. The second-order valence-electron chi connectivity index (χ2n) is 1.58. The van der Waals surface area contributed by atoms with Crippen molar-refractivity contribution >= 4 is 23.5 Å². The van der Waals surface area contributed by atoms with E-state index in [1.165, 1.54) is 5.98 Å². The topological polar surface area (TPSA) is 0 Å². The molecule has 0 fully saturated rings. The lowest BCUT2D eigenvalue weighted by molar-refractivity contribution is 1.33. The van der Waals surface area contributed by atoms with E-state index in [4.69, 9.17) is 23.5 Å². The molecule has 3 heteroatoms. The van der Waals surface area contributed by atoms with Gasteiger partial charge in [-0.15, -0.1) is 23.5 Å². The monoisotopic (exact) mass is 98.1 g/mol. The smallest absolute Gasteiger partial charge is 0.107 e. The molecule has 34 valence electrons. The van der Waals surface area contributed by atoms with Gasteiger partial charge in [0.2, 0.25) is 0 Å². The van der Waals surface area contributed by atoms with Crippen molar-refractivity contribution in [2.75, 3.05) is 0 Å². The van der Waals surface area contributed by atoms with Crippen molar-refractivity contribution in [3.63, 3.8) is 0 Å². The average molecular weight is 97.5 g/mol. The second kappa shape index (κ2) is 3.65. The normalized spacial score (nSPS) is 11.2. The molecule has 8 heavy (non-hydrogen) atoms. The standard InChI is InChI=1S/C5H5B3/c1-4(7)2-5(8)3-6/h3H,1-2H2/b5-3-. The van der Waals surface area contributed by atoms with Gasteiger partial charge in [-0.1, -0.05) is 0 Å². The highest BCUT2D eigenvalue weighted by Gasteiger charge is 1.84. The Balaban J connectivity index is 3.56. The molecular weight excluding hydrogens is 92.5 g/mol. The van der Waals surface area contributed by atoms with E-state index in [9.17, 15) is 0 Å². The first kappa shape index (κ1) is 7.67. The van der Waals surface area contributed by atoms with Gasteiger partial charge in [-0.25, -0.2) is 0 Å². The molecular formula is C5H5B3. The van der Waals surface area contributed by atoms with Crippen LogP contribution in [0, 0.1) is 0 Å². The lowest BCUT2D eigenvalue weighted by atomic mass is 9.80. The van der Waals surface area contributed by atoms with Gasteiger partial charge in [-0.3, -0.25) is 0 Å². The maximum absolute atomic E-state index is 5.27. The molecule has 0 atom stereocenters. The van der Waals surface area contributed by atoms with Crippen LogP contribution < -0.4 is 0 Å². The highest BCUT2D eigenvalue weighted by Crippen LogP contribution is 1.99. The largest absolute Gasteiger partial charge is 0.142 e. The number of hydrogen-bond acceptors (Lipinski definition) is 0. The third-order valence-corrected chi connectivity index (χ3v) is 0.645. The van der Waals surface area contributed by atoms with Crippen molar-refractivity contribution in [2.45, 2.75) is 6.42 Å². The van der Waals surface area contributed by atoms with Gasteiger partial charge in [-0.05, 0) is 6.42 Å². The van der Waals surface area contributed by atoms with Crippen LogP contribution in [0.3, 0.4) is 0 Å². The van der Waals surface area contributed by atoms with Crippen LogP contribution in [0.1, 0.15) is 6.42 Å². The summed E-state index contributed by atoms with van der Waals surface area (Å²) in [6.07, 6.45) is 0.483. The lowest BCUT2D eigenvalue weighted by Crippen LogP contribution is -1.85. The van der Waals surface area contributed by atoms with Gasteiger partial charge >= 0.3 is 0 Å². The zero-order valence-electron chi connectivity index (χ0n) is 4.72. The predicted octanol–water partition coefficient (Wildman–Crippen LogP) is 0.237. The lowest BCUT2D eigenvalue weighted by Gasteiger charge is -1.96. The van der Waals surface area contributed by atoms with E-state index in [-0.39, 0.29) is 0 Å². The van der Waals surface area contributed by atoms with Gasteiger partial charge in [0, 0.05) is 0 Å². The molecule has 0 aromatic heterocycles. The number of allylic oxidation sites excluding steroid dienone is 2. The predicted molar refractivity (Wildman–Crippen MR) is 39.1 cm³/mol. The van der Waals surface area contributed by atoms with Crippen LogP contribution in [-0.2, 0) is 0 Å². The minimum Gasteiger partial charge on any atom is -0.142 e. The molecule has 6 radical (unpaired) electrons. The first-order chi connectivity index (χ1) is 3.66. The van der Waals surface area contributed by atoms with Crippen LogP contribution in [0.4, 0.5) is 0 Å².